The Morgan fingerprint density at radius 1 is 1.11 bits per heavy atom. The SMILES string of the molecule is CCOC(=O)C(C[C@@H](Cc1ccc(-c2cc(Cl)ccc2F)cc1)NC(=O)OC(C)(C)C)c1cccnc1. The van der Waals surface area contributed by atoms with Gasteiger partial charge in [0.25, 0.3) is 0 Å². The summed E-state index contributed by atoms with van der Waals surface area (Å²) in [4.78, 5) is 29.7. The van der Waals surface area contributed by atoms with Crippen LogP contribution in [0, 0.1) is 5.82 Å². The number of hydrogen-bond donors (Lipinski definition) is 1. The van der Waals surface area contributed by atoms with E-state index < -0.39 is 29.6 Å². The molecular weight excluding hydrogens is 495 g/mol. The number of ether oxygens (including phenoxy) is 2. The first-order valence-corrected chi connectivity index (χ1v) is 12.5. The van der Waals surface area contributed by atoms with Crippen LogP contribution in [0.3, 0.4) is 0 Å². The van der Waals surface area contributed by atoms with Gasteiger partial charge >= 0.3 is 12.1 Å². The summed E-state index contributed by atoms with van der Waals surface area (Å²) in [5, 5.41) is 3.36. The van der Waals surface area contributed by atoms with E-state index in [1.165, 1.54) is 12.1 Å². The predicted molar refractivity (Wildman–Crippen MR) is 142 cm³/mol. The van der Waals surface area contributed by atoms with Gasteiger partial charge in [0.1, 0.15) is 11.4 Å². The molecule has 0 spiro atoms. The molecule has 2 aromatic carbocycles. The zero-order valence-corrected chi connectivity index (χ0v) is 22.2. The highest BCUT2D eigenvalue weighted by atomic mass is 35.5. The molecule has 1 unspecified atom stereocenters. The van der Waals surface area contributed by atoms with Crippen LogP contribution >= 0.6 is 11.6 Å². The molecule has 0 radical (unpaired) electrons. The monoisotopic (exact) mass is 526 g/mol. The standard InChI is InChI=1S/C29H32ClFN2O4/c1-5-36-27(34)25(21-7-6-14-32-18-21)17-23(33-28(35)37-29(2,3)4)15-19-8-10-20(11-9-19)24-16-22(30)12-13-26(24)31/h6-14,16,18,23,25H,5,15,17H2,1-4H3,(H,33,35)/t23-,25?/m1/s1. The zero-order valence-electron chi connectivity index (χ0n) is 21.5. The maximum absolute atomic E-state index is 14.3. The lowest BCUT2D eigenvalue weighted by molar-refractivity contribution is -0.145. The summed E-state index contributed by atoms with van der Waals surface area (Å²) in [6, 6.07) is 14.9. The lowest BCUT2D eigenvalue weighted by Gasteiger charge is -2.26. The predicted octanol–water partition coefficient (Wildman–Crippen LogP) is 6.71. The number of alkyl carbamates (subject to hydrolysis) is 1. The molecule has 196 valence electrons. The van der Waals surface area contributed by atoms with E-state index in [1.807, 2.05) is 18.2 Å². The van der Waals surface area contributed by atoms with Crippen LogP contribution in [-0.4, -0.2) is 35.3 Å². The van der Waals surface area contributed by atoms with Crippen molar-refractivity contribution in [1.82, 2.24) is 10.3 Å². The van der Waals surface area contributed by atoms with Crippen LogP contribution in [-0.2, 0) is 20.7 Å². The molecule has 1 amide bonds. The summed E-state index contributed by atoms with van der Waals surface area (Å²) in [6.07, 6.45) is 3.36. The highest BCUT2D eigenvalue weighted by Gasteiger charge is 2.28. The molecule has 8 heteroatoms. The number of rotatable bonds is 9. The van der Waals surface area contributed by atoms with Crippen molar-refractivity contribution in [3.05, 3.63) is 89.0 Å². The molecule has 1 N–H and O–H groups in total. The molecule has 0 fully saturated rings. The second-order valence-electron chi connectivity index (χ2n) is 9.70. The van der Waals surface area contributed by atoms with Gasteiger partial charge in [0.2, 0.25) is 0 Å². The largest absolute Gasteiger partial charge is 0.466 e. The summed E-state index contributed by atoms with van der Waals surface area (Å²) in [5.41, 5.74) is 1.99. The Balaban J connectivity index is 1.86. The van der Waals surface area contributed by atoms with Crippen molar-refractivity contribution < 1.29 is 23.5 Å². The Morgan fingerprint density at radius 3 is 2.46 bits per heavy atom. The minimum absolute atomic E-state index is 0.237. The molecule has 0 bridgehead atoms. The van der Waals surface area contributed by atoms with E-state index in [4.69, 9.17) is 21.1 Å². The molecule has 0 aliphatic rings. The smallest absolute Gasteiger partial charge is 0.407 e. The Hall–Kier alpha value is -3.45. The Bertz CT molecular complexity index is 1200. The molecule has 0 aliphatic carbocycles. The summed E-state index contributed by atoms with van der Waals surface area (Å²) in [5.74, 6) is -1.39. The minimum atomic E-state index is -0.679. The summed E-state index contributed by atoms with van der Waals surface area (Å²) < 4.78 is 25.1. The second kappa shape index (κ2) is 12.7. The Kier molecular flexibility index (Phi) is 9.64. The van der Waals surface area contributed by atoms with Crippen LogP contribution < -0.4 is 5.32 Å². The number of pyridine rings is 1. The van der Waals surface area contributed by atoms with Crippen LogP contribution in [0.15, 0.2) is 67.0 Å². The molecular formula is C29H32ClFN2O4. The van der Waals surface area contributed by atoms with Crippen molar-refractivity contribution in [3.63, 3.8) is 0 Å². The molecule has 3 aromatic rings. The fourth-order valence-electron chi connectivity index (χ4n) is 3.97. The molecule has 0 aliphatic heterocycles. The Morgan fingerprint density at radius 2 is 1.84 bits per heavy atom. The van der Waals surface area contributed by atoms with Gasteiger partial charge in [-0.2, -0.15) is 0 Å². The molecule has 0 saturated heterocycles. The third kappa shape index (κ3) is 8.57. The number of aromatic nitrogens is 1. The van der Waals surface area contributed by atoms with Gasteiger partial charge in [0.05, 0.1) is 12.5 Å². The molecule has 37 heavy (non-hydrogen) atoms. The van der Waals surface area contributed by atoms with Crippen molar-refractivity contribution in [2.24, 2.45) is 0 Å². The van der Waals surface area contributed by atoms with Gasteiger partial charge < -0.3 is 14.8 Å². The number of benzene rings is 2. The van der Waals surface area contributed by atoms with E-state index in [0.29, 0.717) is 28.1 Å². The van der Waals surface area contributed by atoms with Crippen molar-refractivity contribution in [2.45, 2.75) is 58.1 Å². The van der Waals surface area contributed by atoms with E-state index in [9.17, 15) is 14.0 Å². The third-order valence-electron chi connectivity index (χ3n) is 5.57. The number of hydrogen-bond acceptors (Lipinski definition) is 5. The normalized spacial score (nSPS) is 12.9. The van der Waals surface area contributed by atoms with Gasteiger partial charge in [0.15, 0.2) is 0 Å². The zero-order chi connectivity index (χ0) is 27.0. The van der Waals surface area contributed by atoms with Crippen LogP contribution in [0.4, 0.5) is 9.18 Å². The highest BCUT2D eigenvalue weighted by molar-refractivity contribution is 6.30. The maximum Gasteiger partial charge on any atom is 0.407 e. The Labute approximate surface area is 222 Å². The van der Waals surface area contributed by atoms with Gasteiger partial charge in [-0.25, -0.2) is 9.18 Å². The van der Waals surface area contributed by atoms with E-state index in [2.05, 4.69) is 10.3 Å². The fourth-order valence-corrected chi connectivity index (χ4v) is 4.14. The first kappa shape index (κ1) is 28.1. The number of esters is 1. The number of carbonyl (C=O) groups is 2. The van der Waals surface area contributed by atoms with E-state index in [-0.39, 0.29) is 18.8 Å². The van der Waals surface area contributed by atoms with Gasteiger partial charge in [-0.3, -0.25) is 9.78 Å². The summed E-state index contributed by atoms with van der Waals surface area (Å²) in [6.45, 7) is 7.34. The molecule has 1 aromatic heterocycles. The van der Waals surface area contributed by atoms with Crippen molar-refractivity contribution in [1.29, 1.82) is 0 Å². The molecule has 6 nitrogen and oxygen atoms in total. The quantitative estimate of drug-likeness (QED) is 0.313. The van der Waals surface area contributed by atoms with Gasteiger partial charge in [-0.15, -0.1) is 0 Å². The van der Waals surface area contributed by atoms with Gasteiger partial charge in [-0.05, 0) is 81.5 Å². The first-order chi connectivity index (χ1) is 17.6. The molecule has 0 saturated carbocycles. The molecule has 1 heterocycles. The number of nitrogens with zero attached hydrogens (tertiary/aromatic N) is 1. The van der Waals surface area contributed by atoms with E-state index >= 15 is 0 Å². The molecule has 2 atom stereocenters. The lowest BCUT2D eigenvalue weighted by Crippen LogP contribution is -2.41. The number of amides is 1. The average Bonchev–Trinajstić information content (AvgIpc) is 2.84. The highest BCUT2D eigenvalue weighted by Crippen LogP contribution is 2.28. The van der Waals surface area contributed by atoms with Crippen molar-refractivity contribution >= 4 is 23.7 Å². The average molecular weight is 527 g/mol. The van der Waals surface area contributed by atoms with Gasteiger partial charge in [0, 0.05) is 29.0 Å². The lowest BCUT2D eigenvalue weighted by atomic mass is 9.90. The third-order valence-corrected chi connectivity index (χ3v) is 5.81. The van der Waals surface area contributed by atoms with Gasteiger partial charge in [-0.1, -0.05) is 41.9 Å². The minimum Gasteiger partial charge on any atom is -0.466 e. The van der Waals surface area contributed by atoms with E-state index in [1.54, 1.807) is 64.4 Å². The summed E-state index contributed by atoms with van der Waals surface area (Å²) >= 11 is 6.05. The first-order valence-electron chi connectivity index (χ1n) is 12.2. The molecule has 3 rings (SSSR count). The van der Waals surface area contributed by atoms with Crippen LogP contribution in [0.1, 0.15) is 51.2 Å². The van der Waals surface area contributed by atoms with Crippen molar-refractivity contribution in [2.75, 3.05) is 6.61 Å². The maximum atomic E-state index is 14.3. The second-order valence-corrected chi connectivity index (χ2v) is 10.1. The number of nitrogens with one attached hydrogen (secondary N) is 1. The van der Waals surface area contributed by atoms with Crippen LogP contribution in [0.25, 0.3) is 11.1 Å². The number of carbonyl (C=O) groups excluding carboxylic acids is 2. The van der Waals surface area contributed by atoms with Crippen LogP contribution in [0.2, 0.25) is 5.02 Å². The van der Waals surface area contributed by atoms with E-state index in [0.717, 1.165) is 5.56 Å². The summed E-state index contributed by atoms with van der Waals surface area (Å²) in [7, 11) is 0. The van der Waals surface area contributed by atoms with Crippen LogP contribution in [0.5, 0.6) is 0 Å². The topological polar surface area (TPSA) is 77.5 Å². The van der Waals surface area contributed by atoms with Crippen molar-refractivity contribution in [3.8, 4) is 11.1 Å². The fraction of sp³-hybridized carbons (Fsp3) is 0.345. The number of halogens is 2.